The number of aliphatic imine (C=N–C) groups is 1. The topological polar surface area (TPSA) is 255 Å². The Kier molecular flexibility index (Phi) is 12.8. The predicted octanol–water partition coefficient (Wildman–Crippen LogP) is -4.45. The van der Waals surface area contributed by atoms with Gasteiger partial charge in [0, 0.05) is 6.54 Å². The van der Waals surface area contributed by atoms with Crippen LogP contribution in [-0.2, 0) is 19.2 Å². The van der Waals surface area contributed by atoms with Crippen LogP contribution in [0.4, 0.5) is 0 Å². The number of nitrogens with two attached hydrogens (primary N) is 3. The number of nitrogens with zero attached hydrogens (tertiary/aromatic N) is 1. The number of carbonyl (C=O) groups excluding carboxylic acids is 3. The van der Waals surface area contributed by atoms with E-state index in [4.69, 9.17) is 27.4 Å². The first-order valence-corrected chi connectivity index (χ1v) is 9.61. The fourth-order valence-electron chi connectivity index (χ4n) is 2.27. The van der Waals surface area contributed by atoms with Crippen LogP contribution in [0.15, 0.2) is 4.99 Å². The van der Waals surface area contributed by atoms with E-state index in [2.05, 4.69) is 20.9 Å². The molecule has 0 aliphatic rings. The molecule has 3 amide bonds. The number of carboxylic acid groups (broad SMARTS) is 1. The molecule has 0 saturated heterocycles. The highest BCUT2D eigenvalue weighted by Crippen LogP contribution is 2.02. The molecule has 0 aliphatic heterocycles. The van der Waals surface area contributed by atoms with E-state index < -0.39 is 61.1 Å². The molecule has 0 aromatic heterocycles. The van der Waals surface area contributed by atoms with Crippen molar-refractivity contribution in [3.05, 3.63) is 0 Å². The van der Waals surface area contributed by atoms with Crippen molar-refractivity contribution >= 4 is 29.7 Å². The number of carbonyl (C=O) groups is 4. The third-order valence-corrected chi connectivity index (χ3v) is 4.21. The van der Waals surface area contributed by atoms with E-state index in [0.29, 0.717) is 0 Å². The van der Waals surface area contributed by atoms with Crippen LogP contribution in [0.5, 0.6) is 0 Å². The first kappa shape index (κ1) is 28.0. The average molecular weight is 447 g/mol. The van der Waals surface area contributed by atoms with Crippen molar-refractivity contribution in [2.45, 2.75) is 50.9 Å². The van der Waals surface area contributed by atoms with Gasteiger partial charge in [-0.15, -0.1) is 0 Å². The normalized spacial score (nSPS) is 14.6. The van der Waals surface area contributed by atoms with Crippen LogP contribution in [0.2, 0.25) is 0 Å². The van der Waals surface area contributed by atoms with Crippen LogP contribution in [0.1, 0.15) is 26.7 Å². The molecule has 4 atom stereocenters. The second-order valence-electron chi connectivity index (χ2n) is 7.11. The van der Waals surface area contributed by atoms with Gasteiger partial charge in [-0.05, 0) is 18.8 Å². The molecule has 0 saturated carbocycles. The summed E-state index contributed by atoms with van der Waals surface area (Å²) in [6.07, 6.45) is 0.241. The second-order valence-corrected chi connectivity index (χ2v) is 7.11. The van der Waals surface area contributed by atoms with Gasteiger partial charge in [0.25, 0.3) is 0 Å². The van der Waals surface area contributed by atoms with Gasteiger partial charge < -0.3 is 48.5 Å². The smallest absolute Gasteiger partial charge is 0.328 e. The van der Waals surface area contributed by atoms with Crippen LogP contribution in [-0.4, -0.2) is 88.9 Å². The molecular weight excluding hydrogens is 414 g/mol. The number of amides is 3. The minimum atomic E-state index is -1.58. The van der Waals surface area contributed by atoms with E-state index in [-0.39, 0.29) is 31.3 Å². The Hall–Kier alpha value is -2.97. The summed E-state index contributed by atoms with van der Waals surface area (Å²) in [7, 11) is 0. The molecule has 0 spiro atoms. The zero-order valence-electron chi connectivity index (χ0n) is 17.6. The van der Waals surface area contributed by atoms with Gasteiger partial charge in [0.05, 0.1) is 19.3 Å². The summed E-state index contributed by atoms with van der Waals surface area (Å²) in [6, 6.07) is -5.14. The molecule has 0 aliphatic carbocycles. The summed E-state index contributed by atoms with van der Waals surface area (Å²) in [5.74, 6) is -4.29. The highest BCUT2D eigenvalue weighted by molar-refractivity contribution is 5.94. The summed E-state index contributed by atoms with van der Waals surface area (Å²) >= 11 is 0. The SMILES string of the molecule is CC(C)C(N)C(=O)NC(CO)C(=O)NC(CCCN=C(N)N)C(=O)NC(CO)C(=O)O. The summed E-state index contributed by atoms with van der Waals surface area (Å²) in [5, 5.41) is 34.3. The lowest BCUT2D eigenvalue weighted by Crippen LogP contribution is -2.58. The summed E-state index contributed by atoms with van der Waals surface area (Å²) in [6.45, 7) is 1.91. The molecule has 0 aromatic carbocycles. The number of guanidine groups is 1. The molecule has 0 aromatic rings. The number of nitrogens with one attached hydrogen (secondary N) is 3. The molecule has 14 heteroatoms. The lowest BCUT2D eigenvalue weighted by Gasteiger charge is -2.24. The molecule has 0 fully saturated rings. The third kappa shape index (κ3) is 10.6. The summed E-state index contributed by atoms with van der Waals surface area (Å²) in [4.78, 5) is 51.8. The zero-order chi connectivity index (χ0) is 24.1. The van der Waals surface area contributed by atoms with Crippen LogP contribution in [0, 0.1) is 5.92 Å². The maximum Gasteiger partial charge on any atom is 0.328 e. The molecule has 0 bridgehead atoms. The largest absolute Gasteiger partial charge is 0.480 e. The van der Waals surface area contributed by atoms with E-state index in [0.717, 1.165) is 0 Å². The molecule has 0 rings (SSSR count). The van der Waals surface area contributed by atoms with Crippen molar-refractivity contribution in [1.29, 1.82) is 0 Å². The minimum Gasteiger partial charge on any atom is -0.480 e. The third-order valence-electron chi connectivity index (χ3n) is 4.21. The number of rotatable bonds is 14. The average Bonchev–Trinajstić information content (AvgIpc) is 2.70. The number of carboxylic acids is 1. The fraction of sp³-hybridized carbons (Fsp3) is 0.706. The number of hydrogen-bond donors (Lipinski definition) is 9. The Labute approximate surface area is 179 Å². The fourth-order valence-corrected chi connectivity index (χ4v) is 2.27. The maximum absolute atomic E-state index is 12.5. The van der Waals surface area contributed by atoms with E-state index in [1.54, 1.807) is 13.8 Å². The first-order valence-electron chi connectivity index (χ1n) is 9.61. The molecule has 12 N–H and O–H groups in total. The van der Waals surface area contributed by atoms with Crippen molar-refractivity contribution in [3.63, 3.8) is 0 Å². The van der Waals surface area contributed by atoms with E-state index in [9.17, 15) is 24.3 Å². The molecule has 4 unspecified atom stereocenters. The summed E-state index contributed by atoms with van der Waals surface area (Å²) < 4.78 is 0. The van der Waals surface area contributed by atoms with Gasteiger partial charge in [-0.3, -0.25) is 19.4 Å². The Morgan fingerprint density at radius 1 is 0.871 bits per heavy atom. The standard InChI is InChI=1S/C17H33N7O7/c1-8(2)12(18)15(29)23-10(6-25)14(28)22-9(4-3-5-21-17(19)20)13(27)24-11(7-26)16(30)31/h8-12,25-26H,3-7,18H2,1-2H3,(H,22,28)(H,23,29)(H,24,27)(H,30,31)(H4,19,20,21). The maximum atomic E-state index is 12.5. The van der Waals surface area contributed by atoms with Gasteiger partial charge in [0.2, 0.25) is 17.7 Å². The van der Waals surface area contributed by atoms with Gasteiger partial charge in [-0.25, -0.2) is 4.79 Å². The highest BCUT2D eigenvalue weighted by Gasteiger charge is 2.30. The first-order chi connectivity index (χ1) is 14.4. The monoisotopic (exact) mass is 447 g/mol. The van der Waals surface area contributed by atoms with Gasteiger partial charge in [0.15, 0.2) is 5.96 Å². The summed E-state index contributed by atoms with van der Waals surface area (Å²) in [5.41, 5.74) is 16.2. The predicted molar refractivity (Wildman–Crippen MR) is 110 cm³/mol. The van der Waals surface area contributed by atoms with Crippen LogP contribution < -0.4 is 33.2 Å². The van der Waals surface area contributed by atoms with Crippen molar-refractivity contribution < 1.29 is 34.5 Å². The Bertz CT molecular complexity index is 653. The van der Waals surface area contributed by atoms with Gasteiger partial charge >= 0.3 is 5.97 Å². The molecule has 14 nitrogen and oxygen atoms in total. The van der Waals surface area contributed by atoms with Gasteiger partial charge in [0.1, 0.15) is 18.1 Å². The van der Waals surface area contributed by atoms with Crippen molar-refractivity contribution in [2.75, 3.05) is 19.8 Å². The molecule has 178 valence electrons. The molecule has 0 heterocycles. The van der Waals surface area contributed by atoms with Crippen molar-refractivity contribution in [3.8, 4) is 0 Å². The number of aliphatic hydroxyl groups is 2. The van der Waals surface area contributed by atoms with Crippen molar-refractivity contribution in [2.24, 2.45) is 28.1 Å². The Morgan fingerprint density at radius 3 is 1.81 bits per heavy atom. The van der Waals surface area contributed by atoms with Crippen molar-refractivity contribution in [1.82, 2.24) is 16.0 Å². The van der Waals surface area contributed by atoms with Gasteiger partial charge in [-0.1, -0.05) is 13.8 Å². The Balaban J connectivity index is 5.29. The highest BCUT2D eigenvalue weighted by atomic mass is 16.4. The van der Waals surface area contributed by atoms with E-state index >= 15 is 0 Å². The number of aliphatic hydroxyl groups excluding tert-OH is 2. The van der Waals surface area contributed by atoms with Gasteiger partial charge in [-0.2, -0.15) is 0 Å². The lowest BCUT2D eigenvalue weighted by molar-refractivity contribution is -0.143. The van der Waals surface area contributed by atoms with Crippen LogP contribution in [0.25, 0.3) is 0 Å². The zero-order valence-corrected chi connectivity index (χ0v) is 17.6. The molecule has 0 radical (unpaired) electrons. The quantitative estimate of drug-likeness (QED) is 0.0700. The van der Waals surface area contributed by atoms with E-state index in [1.165, 1.54) is 0 Å². The van der Waals surface area contributed by atoms with Crippen LogP contribution >= 0.6 is 0 Å². The minimum absolute atomic E-state index is 0.00369. The lowest BCUT2D eigenvalue weighted by atomic mass is 10.0. The number of aliphatic carboxylic acids is 1. The molecule has 31 heavy (non-hydrogen) atoms. The Morgan fingerprint density at radius 2 is 1.35 bits per heavy atom. The van der Waals surface area contributed by atoms with Crippen LogP contribution in [0.3, 0.4) is 0 Å². The number of hydrogen-bond acceptors (Lipinski definition) is 8. The second kappa shape index (κ2) is 14.1. The van der Waals surface area contributed by atoms with E-state index in [1.807, 2.05) is 0 Å². The molecular formula is C17H33N7O7.